The minimum Gasteiger partial charge on any atom is -0.396 e. The second-order valence-electron chi connectivity index (χ2n) is 6.28. The molecule has 1 fully saturated rings. The molecule has 2 nitrogen and oxygen atoms in total. The smallest absolute Gasteiger partial charge is 0.0649 e. The van der Waals surface area contributed by atoms with Crippen molar-refractivity contribution in [3.8, 4) is 0 Å². The summed E-state index contributed by atoms with van der Waals surface area (Å²) in [5.41, 5.74) is 1.51. The SMILES string of the molecule is C[C@H]1CC(NCC2CCCCC2CO)c2ccsc2S1. The van der Waals surface area contributed by atoms with Crippen LogP contribution in [0.3, 0.4) is 0 Å². The van der Waals surface area contributed by atoms with Gasteiger partial charge in [0.15, 0.2) is 0 Å². The molecule has 4 heteroatoms. The van der Waals surface area contributed by atoms with Crippen molar-refractivity contribution in [1.82, 2.24) is 5.32 Å². The summed E-state index contributed by atoms with van der Waals surface area (Å²) < 4.78 is 1.50. The summed E-state index contributed by atoms with van der Waals surface area (Å²) >= 11 is 3.91. The highest BCUT2D eigenvalue weighted by Crippen LogP contribution is 2.44. The standard InChI is InChI=1S/C16H25NOS2/c1-11-8-15(14-6-7-19-16(14)20-11)17-9-12-4-2-3-5-13(12)10-18/h6-7,11-13,15,17-18H,2-5,8-10H2,1H3/t11-,12?,13?,15?/m0/s1. The van der Waals surface area contributed by atoms with Crippen LogP contribution in [0.1, 0.15) is 50.6 Å². The molecule has 0 radical (unpaired) electrons. The zero-order valence-corrected chi connectivity index (χ0v) is 13.8. The molecule has 1 aromatic rings. The van der Waals surface area contributed by atoms with E-state index in [1.54, 1.807) is 0 Å². The third-order valence-electron chi connectivity index (χ3n) is 4.84. The maximum atomic E-state index is 9.54. The van der Waals surface area contributed by atoms with Crippen LogP contribution in [-0.4, -0.2) is 23.5 Å². The van der Waals surface area contributed by atoms with Gasteiger partial charge in [0.25, 0.3) is 0 Å². The highest BCUT2D eigenvalue weighted by Gasteiger charge is 2.29. The average molecular weight is 312 g/mol. The van der Waals surface area contributed by atoms with Gasteiger partial charge in [0.2, 0.25) is 0 Å². The van der Waals surface area contributed by atoms with Gasteiger partial charge in [-0.2, -0.15) is 0 Å². The van der Waals surface area contributed by atoms with Crippen molar-refractivity contribution in [2.45, 2.75) is 54.5 Å². The number of aliphatic hydroxyl groups excluding tert-OH is 1. The van der Waals surface area contributed by atoms with E-state index in [9.17, 15) is 5.11 Å². The fourth-order valence-corrected chi connectivity index (χ4v) is 6.20. The first-order valence-electron chi connectivity index (χ1n) is 7.86. The topological polar surface area (TPSA) is 32.3 Å². The van der Waals surface area contributed by atoms with Gasteiger partial charge in [-0.05, 0) is 54.7 Å². The first kappa shape index (κ1) is 14.9. The molecule has 20 heavy (non-hydrogen) atoms. The van der Waals surface area contributed by atoms with Gasteiger partial charge in [-0.15, -0.1) is 23.1 Å². The molecule has 0 spiro atoms. The van der Waals surface area contributed by atoms with Crippen LogP contribution in [0.4, 0.5) is 0 Å². The third-order valence-corrected chi connectivity index (χ3v) is 7.18. The van der Waals surface area contributed by atoms with Gasteiger partial charge in [0.05, 0.1) is 4.21 Å². The van der Waals surface area contributed by atoms with Crippen molar-refractivity contribution in [1.29, 1.82) is 0 Å². The van der Waals surface area contributed by atoms with Gasteiger partial charge in [-0.1, -0.05) is 19.8 Å². The van der Waals surface area contributed by atoms with Crippen LogP contribution in [0, 0.1) is 11.8 Å². The molecular weight excluding hydrogens is 286 g/mol. The molecular formula is C16H25NOS2. The summed E-state index contributed by atoms with van der Waals surface area (Å²) in [5, 5.41) is 16.3. The second kappa shape index (κ2) is 6.82. The Hall–Kier alpha value is -0.0300. The molecule has 3 rings (SSSR count). The lowest BCUT2D eigenvalue weighted by molar-refractivity contribution is 0.130. The summed E-state index contributed by atoms with van der Waals surface area (Å²) in [4.78, 5) is 0. The van der Waals surface area contributed by atoms with E-state index in [1.807, 2.05) is 23.1 Å². The Morgan fingerprint density at radius 1 is 1.30 bits per heavy atom. The van der Waals surface area contributed by atoms with Crippen molar-refractivity contribution >= 4 is 23.1 Å². The molecule has 1 aliphatic heterocycles. The normalized spacial score (nSPS) is 33.9. The summed E-state index contributed by atoms with van der Waals surface area (Å²) in [6, 6.07) is 2.81. The predicted molar refractivity (Wildman–Crippen MR) is 87.5 cm³/mol. The molecule has 4 atom stereocenters. The monoisotopic (exact) mass is 311 g/mol. The Labute approximate surface area is 130 Å². The van der Waals surface area contributed by atoms with Gasteiger partial charge < -0.3 is 10.4 Å². The quantitative estimate of drug-likeness (QED) is 0.879. The maximum absolute atomic E-state index is 9.54. The number of rotatable bonds is 4. The van der Waals surface area contributed by atoms with Crippen LogP contribution in [0.15, 0.2) is 15.7 Å². The zero-order chi connectivity index (χ0) is 13.9. The lowest BCUT2D eigenvalue weighted by atomic mass is 9.79. The fourth-order valence-electron chi connectivity index (χ4n) is 3.63. The molecule has 3 unspecified atom stereocenters. The van der Waals surface area contributed by atoms with Crippen molar-refractivity contribution in [3.63, 3.8) is 0 Å². The summed E-state index contributed by atoms with van der Waals surface area (Å²) in [6.07, 6.45) is 6.36. The van der Waals surface area contributed by atoms with E-state index in [0.29, 0.717) is 29.7 Å². The minimum atomic E-state index is 0.368. The highest BCUT2D eigenvalue weighted by molar-refractivity contribution is 8.01. The van der Waals surface area contributed by atoms with E-state index in [2.05, 4.69) is 23.7 Å². The van der Waals surface area contributed by atoms with Crippen LogP contribution < -0.4 is 5.32 Å². The van der Waals surface area contributed by atoms with E-state index in [-0.39, 0.29) is 0 Å². The number of thioether (sulfide) groups is 1. The largest absolute Gasteiger partial charge is 0.396 e. The first-order valence-corrected chi connectivity index (χ1v) is 9.62. The van der Waals surface area contributed by atoms with Crippen molar-refractivity contribution in [2.24, 2.45) is 11.8 Å². The molecule has 0 saturated heterocycles. The molecule has 0 bridgehead atoms. The maximum Gasteiger partial charge on any atom is 0.0649 e. The van der Waals surface area contributed by atoms with Crippen LogP contribution in [-0.2, 0) is 0 Å². The van der Waals surface area contributed by atoms with Crippen molar-refractivity contribution in [3.05, 3.63) is 17.0 Å². The van der Waals surface area contributed by atoms with Gasteiger partial charge >= 0.3 is 0 Å². The van der Waals surface area contributed by atoms with Crippen molar-refractivity contribution in [2.75, 3.05) is 13.2 Å². The number of fused-ring (bicyclic) bond motifs is 1. The van der Waals surface area contributed by atoms with E-state index in [1.165, 1.54) is 41.9 Å². The van der Waals surface area contributed by atoms with Crippen LogP contribution in [0.25, 0.3) is 0 Å². The third kappa shape index (κ3) is 3.24. The first-order chi connectivity index (χ1) is 9.78. The molecule has 2 N–H and O–H groups in total. The summed E-state index contributed by atoms with van der Waals surface area (Å²) in [5.74, 6) is 1.19. The average Bonchev–Trinajstić information content (AvgIpc) is 2.93. The van der Waals surface area contributed by atoms with Gasteiger partial charge in [-0.3, -0.25) is 0 Å². The van der Waals surface area contributed by atoms with Gasteiger partial charge in [-0.25, -0.2) is 0 Å². The lowest BCUT2D eigenvalue weighted by Crippen LogP contribution is -2.35. The van der Waals surface area contributed by atoms with E-state index in [4.69, 9.17) is 0 Å². The Balaban J connectivity index is 1.61. The number of hydrogen-bond donors (Lipinski definition) is 2. The molecule has 2 heterocycles. The number of thiophene rings is 1. The van der Waals surface area contributed by atoms with E-state index < -0.39 is 0 Å². The summed E-state index contributed by atoms with van der Waals surface area (Å²) in [7, 11) is 0. The Morgan fingerprint density at radius 2 is 2.10 bits per heavy atom. The fraction of sp³-hybridized carbons (Fsp3) is 0.750. The second-order valence-corrected chi connectivity index (χ2v) is 8.90. The van der Waals surface area contributed by atoms with E-state index in [0.717, 1.165) is 6.54 Å². The lowest BCUT2D eigenvalue weighted by Gasteiger charge is -2.33. The molecule has 1 saturated carbocycles. The zero-order valence-electron chi connectivity index (χ0n) is 12.2. The number of hydrogen-bond acceptors (Lipinski definition) is 4. The van der Waals surface area contributed by atoms with Gasteiger partial charge in [0.1, 0.15) is 0 Å². The van der Waals surface area contributed by atoms with Crippen LogP contribution >= 0.6 is 23.1 Å². The van der Waals surface area contributed by atoms with Crippen LogP contribution in [0.5, 0.6) is 0 Å². The Kier molecular flexibility index (Phi) is 5.08. The minimum absolute atomic E-state index is 0.368. The molecule has 2 aliphatic rings. The highest BCUT2D eigenvalue weighted by atomic mass is 32.2. The van der Waals surface area contributed by atoms with E-state index >= 15 is 0 Å². The molecule has 0 amide bonds. The predicted octanol–water partition coefficient (Wildman–Crippen LogP) is 4.06. The van der Waals surface area contributed by atoms with Crippen LogP contribution in [0.2, 0.25) is 0 Å². The Morgan fingerprint density at radius 3 is 2.90 bits per heavy atom. The number of nitrogens with one attached hydrogen (secondary N) is 1. The molecule has 112 valence electrons. The molecule has 1 aliphatic carbocycles. The van der Waals surface area contributed by atoms with Gasteiger partial charge in [0, 0.05) is 17.9 Å². The molecule has 1 aromatic heterocycles. The summed E-state index contributed by atoms with van der Waals surface area (Å²) in [6.45, 7) is 3.77. The van der Waals surface area contributed by atoms with Crippen molar-refractivity contribution < 1.29 is 5.11 Å². The molecule has 0 aromatic carbocycles. The Bertz CT molecular complexity index is 434. The number of aliphatic hydroxyl groups is 1.